The molecule has 0 spiro atoms. The molecule has 0 atom stereocenters. The lowest BCUT2D eigenvalue weighted by molar-refractivity contribution is 0.0942. The smallest absolute Gasteiger partial charge is 0.252 e. The van der Waals surface area contributed by atoms with Crippen molar-refractivity contribution in [2.45, 2.75) is 0 Å². The molecule has 1 aliphatic heterocycles. The number of nitrogens with zero attached hydrogens (tertiary/aromatic N) is 4. The molecule has 0 radical (unpaired) electrons. The predicted molar refractivity (Wildman–Crippen MR) is 111 cm³/mol. The number of rotatable bonds is 5. The van der Waals surface area contributed by atoms with E-state index < -0.39 is 0 Å². The molecule has 6 nitrogen and oxygen atoms in total. The van der Waals surface area contributed by atoms with Crippen LogP contribution in [0.25, 0.3) is 22.3 Å². The SMILES string of the molecule is CN1CCN(CCNC(=O)c2cc(-c3ccccn3)nc3ccccc23)CC1. The molecule has 3 aromatic rings. The Morgan fingerprint density at radius 2 is 1.82 bits per heavy atom. The lowest BCUT2D eigenvalue weighted by Crippen LogP contribution is -2.46. The number of amides is 1. The number of nitrogens with one attached hydrogen (secondary N) is 1. The van der Waals surface area contributed by atoms with Crippen molar-refractivity contribution in [3.63, 3.8) is 0 Å². The molecule has 1 fully saturated rings. The first-order valence-electron chi connectivity index (χ1n) is 9.71. The molecule has 1 N–H and O–H groups in total. The summed E-state index contributed by atoms with van der Waals surface area (Å²) in [6.45, 7) is 5.77. The number of hydrogen-bond acceptors (Lipinski definition) is 5. The number of carbonyl (C=O) groups is 1. The highest BCUT2D eigenvalue weighted by Crippen LogP contribution is 2.23. The Morgan fingerprint density at radius 3 is 2.61 bits per heavy atom. The van der Waals surface area contributed by atoms with Crippen molar-refractivity contribution in [2.24, 2.45) is 0 Å². The highest BCUT2D eigenvalue weighted by molar-refractivity contribution is 6.07. The van der Waals surface area contributed by atoms with Crippen LogP contribution in [0, 0.1) is 0 Å². The van der Waals surface area contributed by atoms with Gasteiger partial charge in [0.15, 0.2) is 0 Å². The Kier molecular flexibility index (Phi) is 5.60. The van der Waals surface area contributed by atoms with Crippen LogP contribution in [0.1, 0.15) is 10.4 Å². The van der Waals surface area contributed by atoms with Gasteiger partial charge in [-0.3, -0.25) is 14.7 Å². The van der Waals surface area contributed by atoms with E-state index in [1.165, 1.54) is 0 Å². The van der Waals surface area contributed by atoms with Gasteiger partial charge < -0.3 is 10.2 Å². The monoisotopic (exact) mass is 375 g/mol. The third-order valence-corrected chi connectivity index (χ3v) is 5.20. The third kappa shape index (κ3) is 4.18. The van der Waals surface area contributed by atoms with Crippen LogP contribution in [-0.4, -0.2) is 72.0 Å². The quantitative estimate of drug-likeness (QED) is 0.741. The topological polar surface area (TPSA) is 61.4 Å². The van der Waals surface area contributed by atoms with Crippen molar-refractivity contribution in [3.8, 4) is 11.4 Å². The number of hydrogen-bond donors (Lipinski definition) is 1. The van der Waals surface area contributed by atoms with E-state index >= 15 is 0 Å². The molecular formula is C22H25N5O. The van der Waals surface area contributed by atoms with Gasteiger partial charge in [0.2, 0.25) is 0 Å². The van der Waals surface area contributed by atoms with Gasteiger partial charge in [-0.15, -0.1) is 0 Å². The summed E-state index contributed by atoms with van der Waals surface area (Å²) < 4.78 is 0. The Morgan fingerprint density at radius 1 is 1.04 bits per heavy atom. The van der Waals surface area contributed by atoms with Crippen molar-refractivity contribution >= 4 is 16.8 Å². The van der Waals surface area contributed by atoms with Crippen LogP contribution in [0.2, 0.25) is 0 Å². The molecule has 4 rings (SSSR count). The van der Waals surface area contributed by atoms with E-state index in [9.17, 15) is 4.79 Å². The second kappa shape index (κ2) is 8.46. The largest absolute Gasteiger partial charge is 0.351 e. The van der Waals surface area contributed by atoms with Crippen LogP contribution < -0.4 is 5.32 Å². The lowest BCUT2D eigenvalue weighted by Gasteiger charge is -2.32. The summed E-state index contributed by atoms with van der Waals surface area (Å²) in [5.74, 6) is -0.0649. The Hall–Kier alpha value is -2.83. The first kappa shape index (κ1) is 18.5. The van der Waals surface area contributed by atoms with E-state index in [0.29, 0.717) is 17.8 Å². The minimum Gasteiger partial charge on any atom is -0.351 e. The third-order valence-electron chi connectivity index (χ3n) is 5.20. The number of pyridine rings is 2. The molecule has 144 valence electrons. The van der Waals surface area contributed by atoms with Crippen molar-refractivity contribution < 1.29 is 4.79 Å². The zero-order valence-corrected chi connectivity index (χ0v) is 16.1. The van der Waals surface area contributed by atoms with Crippen LogP contribution in [-0.2, 0) is 0 Å². The van der Waals surface area contributed by atoms with Gasteiger partial charge in [-0.05, 0) is 31.3 Å². The van der Waals surface area contributed by atoms with Crippen molar-refractivity contribution in [3.05, 3.63) is 60.3 Å². The molecule has 0 unspecified atom stereocenters. The normalized spacial score (nSPS) is 15.6. The summed E-state index contributed by atoms with van der Waals surface area (Å²) in [7, 11) is 2.15. The zero-order valence-electron chi connectivity index (χ0n) is 16.1. The van der Waals surface area contributed by atoms with Crippen molar-refractivity contribution in [1.82, 2.24) is 25.1 Å². The summed E-state index contributed by atoms with van der Waals surface area (Å²) in [5, 5.41) is 3.95. The van der Waals surface area contributed by atoms with Crippen molar-refractivity contribution in [1.29, 1.82) is 0 Å². The minimum absolute atomic E-state index is 0.0649. The zero-order chi connectivity index (χ0) is 19.3. The van der Waals surface area contributed by atoms with Crippen LogP contribution in [0.4, 0.5) is 0 Å². The summed E-state index contributed by atoms with van der Waals surface area (Å²) in [6, 6.07) is 15.3. The number of para-hydroxylation sites is 1. The molecule has 1 saturated heterocycles. The maximum atomic E-state index is 12.9. The van der Waals surface area contributed by atoms with Crippen molar-refractivity contribution in [2.75, 3.05) is 46.3 Å². The maximum absolute atomic E-state index is 12.9. The molecule has 1 aliphatic rings. The van der Waals surface area contributed by atoms with Gasteiger partial charge in [0.25, 0.3) is 5.91 Å². The standard InChI is InChI=1S/C22H25N5O/c1-26-12-14-27(15-13-26)11-10-24-22(28)18-16-21(20-8-4-5-9-23-20)25-19-7-3-2-6-17(18)19/h2-9,16H,10-15H2,1H3,(H,24,28). The minimum atomic E-state index is -0.0649. The average molecular weight is 375 g/mol. The van der Waals surface area contributed by atoms with Gasteiger partial charge in [-0.25, -0.2) is 4.98 Å². The number of aromatic nitrogens is 2. The number of benzene rings is 1. The number of carbonyl (C=O) groups excluding carboxylic acids is 1. The summed E-state index contributed by atoms with van der Waals surface area (Å²) in [4.78, 5) is 26.7. The van der Waals surface area contributed by atoms with E-state index in [1.54, 1.807) is 6.20 Å². The highest BCUT2D eigenvalue weighted by Gasteiger charge is 2.16. The van der Waals surface area contributed by atoms with Gasteiger partial charge >= 0.3 is 0 Å². The van der Waals surface area contributed by atoms with E-state index in [0.717, 1.165) is 49.3 Å². The van der Waals surface area contributed by atoms with Crippen LogP contribution in [0.5, 0.6) is 0 Å². The number of likely N-dealkylation sites (N-methyl/N-ethyl adjacent to an activating group) is 1. The first-order chi connectivity index (χ1) is 13.7. The molecule has 1 amide bonds. The lowest BCUT2D eigenvalue weighted by atomic mass is 10.1. The Balaban J connectivity index is 1.52. The molecule has 6 heteroatoms. The van der Waals surface area contributed by atoms with E-state index in [1.807, 2.05) is 48.5 Å². The molecule has 28 heavy (non-hydrogen) atoms. The highest BCUT2D eigenvalue weighted by atomic mass is 16.1. The molecule has 0 aliphatic carbocycles. The van der Waals surface area contributed by atoms with Gasteiger partial charge in [0, 0.05) is 50.9 Å². The molecular weight excluding hydrogens is 350 g/mol. The second-order valence-corrected chi connectivity index (χ2v) is 7.19. The Labute approximate surface area is 165 Å². The van der Waals surface area contributed by atoms with E-state index in [4.69, 9.17) is 4.98 Å². The van der Waals surface area contributed by atoms with Gasteiger partial charge in [0.1, 0.15) is 0 Å². The molecule has 2 aromatic heterocycles. The molecule has 1 aromatic carbocycles. The maximum Gasteiger partial charge on any atom is 0.252 e. The number of piperazine rings is 1. The predicted octanol–water partition coefficient (Wildman–Crippen LogP) is 2.27. The molecule has 0 saturated carbocycles. The van der Waals surface area contributed by atoms with Crippen LogP contribution in [0.3, 0.4) is 0 Å². The number of fused-ring (bicyclic) bond motifs is 1. The second-order valence-electron chi connectivity index (χ2n) is 7.19. The molecule has 0 bridgehead atoms. The van der Waals surface area contributed by atoms with Crippen LogP contribution in [0.15, 0.2) is 54.7 Å². The van der Waals surface area contributed by atoms with Gasteiger partial charge in [-0.2, -0.15) is 0 Å². The first-order valence-corrected chi connectivity index (χ1v) is 9.71. The fraction of sp³-hybridized carbons (Fsp3) is 0.318. The summed E-state index contributed by atoms with van der Waals surface area (Å²) >= 11 is 0. The molecule has 3 heterocycles. The Bertz CT molecular complexity index is 952. The average Bonchev–Trinajstić information content (AvgIpc) is 2.75. The summed E-state index contributed by atoms with van der Waals surface area (Å²) in [5.41, 5.74) is 2.92. The van der Waals surface area contributed by atoms with E-state index in [2.05, 4.69) is 27.1 Å². The van der Waals surface area contributed by atoms with E-state index in [-0.39, 0.29) is 5.91 Å². The summed E-state index contributed by atoms with van der Waals surface area (Å²) in [6.07, 6.45) is 1.74. The van der Waals surface area contributed by atoms with Gasteiger partial charge in [-0.1, -0.05) is 24.3 Å². The van der Waals surface area contributed by atoms with Gasteiger partial charge in [0.05, 0.1) is 22.5 Å². The fourth-order valence-electron chi connectivity index (χ4n) is 3.50. The fourth-order valence-corrected chi connectivity index (χ4v) is 3.50. The van der Waals surface area contributed by atoms with Crippen LogP contribution >= 0.6 is 0 Å².